The fourth-order valence-electron chi connectivity index (χ4n) is 1.59. The molecule has 0 spiro atoms. The van der Waals surface area contributed by atoms with Crippen LogP contribution in [0.1, 0.15) is 17.7 Å². The van der Waals surface area contributed by atoms with Crippen molar-refractivity contribution in [2.24, 2.45) is 0 Å². The summed E-state index contributed by atoms with van der Waals surface area (Å²) < 4.78 is 0. The third-order valence-corrected chi connectivity index (χ3v) is 2.59. The van der Waals surface area contributed by atoms with Crippen molar-refractivity contribution < 1.29 is 0 Å². The highest BCUT2D eigenvalue weighted by molar-refractivity contribution is 7.80. The van der Waals surface area contributed by atoms with Gasteiger partial charge in [-0.15, -0.1) is 12.6 Å². The van der Waals surface area contributed by atoms with Gasteiger partial charge in [0.1, 0.15) is 0 Å². The van der Waals surface area contributed by atoms with Gasteiger partial charge < -0.3 is 4.98 Å². The normalized spacial score (nSPS) is 10.5. The van der Waals surface area contributed by atoms with Gasteiger partial charge in [-0.25, -0.2) is 4.98 Å². The summed E-state index contributed by atoms with van der Waals surface area (Å²) in [5.74, 6) is 0. The molecule has 1 aromatic heterocycles. The zero-order chi connectivity index (χ0) is 10.5. The Balaban J connectivity index is 1.80. The molecule has 0 atom stereocenters. The molecule has 0 saturated heterocycles. The van der Waals surface area contributed by atoms with Gasteiger partial charge in [-0.3, -0.25) is 0 Å². The summed E-state index contributed by atoms with van der Waals surface area (Å²) in [5.41, 5.74) is 2.48. The van der Waals surface area contributed by atoms with E-state index in [2.05, 4.69) is 46.9 Å². The van der Waals surface area contributed by atoms with Gasteiger partial charge in [0.05, 0.1) is 5.69 Å². The second kappa shape index (κ2) is 5.03. The number of aromatic amines is 1. The Morgan fingerprint density at radius 2 is 1.93 bits per heavy atom. The largest absolute Gasteiger partial charge is 0.340 e. The second-order valence-electron chi connectivity index (χ2n) is 3.55. The molecule has 0 saturated carbocycles. The second-order valence-corrected chi connectivity index (χ2v) is 3.98. The van der Waals surface area contributed by atoms with Crippen LogP contribution in [-0.4, -0.2) is 9.97 Å². The topological polar surface area (TPSA) is 28.7 Å². The number of hydrogen-bond acceptors (Lipinski definition) is 2. The number of nitrogens with zero attached hydrogens (tertiary/aromatic N) is 1. The summed E-state index contributed by atoms with van der Waals surface area (Å²) >= 11 is 4.13. The van der Waals surface area contributed by atoms with Crippen LogP contribution in [0.5, 0.6) is 0 Å². The Hall–Kier alpha value is -1.22. The van der Waals surface area contributed by atoms with Crippen LogP contribution in [0, 0.1) is 0 Å². The van der Waals surface area contributed by atoms with E-state index in [9.17, 15) is 0 Å². The minimum atomic E-state index is 0.699. The average molecular weight is 218 g/mol. The molecule has 1 heterocycles. The molecule has 1 N–H and O–H groups in total. The lowest BCUT2D eigenvalue weighted by Gasteiger charge is -1.98. The number of imidazole rings is 1. The van der Waals surface area contributed by atoms with Gasteiger partial charge in [-0.2, -0.15) is 0 Å². The number of nitrogens with one attached hydrogen (secondary N) is 1. The molecule has 78 valence electrons. The highest BCUT2D eigenvalue weighted by Gasteiger charge is 1.98. The van der Waals surface area contributed by atoms with Crippen LogP contribution in [0.3, 0.4) is 0 Å². The average Bonchev–Trinajstić information content (AvgIpc) is 2.66. The first-order valence-corrected chi connectivity index (χ1v) is 5.56. The molecule has 1 aromatic carbocycles. The SMILES string of the molecule is Sc1nc(CCCc2ccccc2)c[nH]1. The van der Waals surface area contributed by atoms with Crippen molar-refractivity contribution in [3.63, 3.8) is 0 Å². The highest BCUT2D eigenvalue weighted by Crippen LogP contribution is 2.07. The van der Waals surface area contributed by atoms with Gasteiger partial charge in [0.25, 0.3) is 0 Å². The van der Waals surface area contributed by atoms with E-state index in [1.807, 2.05) is 12.3 Å². The van der Waals surface area contributed by atoms with Gasteiger partial charge in [0, 0.05) is 6.20 Å². The number of hydrogen-bond donors (Lipinski definition) is 2. The minimum Gasteiger partial charge on any atom is -0.340 e. The first kappa shape index (κ1) is 10.3. The van der Waals surface area contributed by atoms with Crippen molar-refractivity contribution in [1.82, 2.24) is 9.97 Å². The quantitative estimate of drug-likeness (QED) is 0.759. The third-order valence-electron chi connectivity index (χ3n) is 2.36. The molecule has 0 radical (unpaired) electrons. The molecule has 15 heavy (non-hydrogen) atoms. The number of benzene rings is 1. The lowest BCUT2D eigenvalue weighted by Crippen LogP contribution is -1.89. The molecule has 0 aliphatic carbocycles. The number of aryl methyl sites for hydroxylation is 2. The van der Waals surface area contributed by atoms with E-state index in [1.165, 1.54) is 5.56 Å². The number of aromatic nitrogens is 2. The summed E-state index contributed by atoms with van der Waals surface area (Å²) in [6.07, 6.45) is 5.16. The fraction of sp³-hybridized carbons (Fsp3) is 0.250. The van der Waals surface area contributed by atoms with E-state index in [0.29, 0.717) is 5.16 Å². The lowest BCUT2D eigenvalue weighted by molar-refractivity contribution is 0.799. The van der Waals surface area contributed by atoms with E-state index in [-0.39, 0.29) is 0 Å². The molecule has 3 heteroatoms. The Morgan fingerprint density at radius 3 is 2.60 bits per heavy atom. The van der Waals surface area contributed by atoms with Crippen molar-refractivity contribution in [3.05, 3.63) is 47.8 Å². The predicted molar refractivity (Wildman–Crippen MR) is 64.3 cm³/mol. The van der Waals surface area contributed by atoms with Crippen molar-refractivity contribution in [1.29, 1.82) is 0 Å². The molecular weight excluding hydrogens is 204 g/mol. The summed E-state index contributed by atoms with van der Waals surface area (Å²) in [7, 11) is 0. The molecule has 2 rings (SSSR count). The van der Waals surface area contributed by atoms with E-state index in [1.54, 1.807) is 0 Å². The van der Waals surface area contributed by atoms with E-state index < -0.39 is 0 Å². The monoisotopic (exact) mass is 218 g/mol. The molecule has 0 amide bonds. The third kappa shape index (κ3) is 3.13. The van der Waals surface area contributed by atoms with Crippen molar-refractivity contribution in [2.75, 3.05) is 0 Å². The Bertz CT molecular complexity index is 409. The maximum Gasteiger partial charge on any atom is 0.162 e. The number of thiol groups is 1. The van der Waals surface area contributed by atoms with Gasteiger partial charge in [0.15, 0.2) is 5.16 Å². The molecule has 0 unspecified atom stereocenters. The van der Waals surface area contributed by atoms with Crippen molar-refractivity contribution in [3.8, 4) is 0 Å². The number of H-pyrrole nitrogens is 1. The summed E-state index contributed by atoms with van der Waals surface area (Å²) in [6, 6.07) is 10.5. The molecule has 0 fully saturated rings. The molecule has 0 aliphatic rings. The molecular formula is C12H14N2S. The summed E-state index contributed by atoms with van der Waals surface area (Å²) in [5, 5.41) is 0.699. The predicted octanol–water partition coefficient (Wildman–Crippen LogP) is 2.87. The van der Waals surface area contributed by atoms with Gasteiger partial charge in [0.2, 0.25) is 0 Å². The Labute approximate surface area is 95.2 Å². The van der Waals surface area contributed by atoms with Crippen LogP contribution in [0.25, 0.3) is 0 Å². The number of rotatable bonds is 4. The first-order valence-electron chi connectivity index (χ1n) is 5.12. The van der Waals surface area contributed by atoms with Crippen LogP contribution in [-0.2, 0) is 12.8 Å². The zero-order valence-electron chi connectivity index (χ0n) is 8.48. The molecule has 0 aliphatic heterocycles. The zero-order valence-corrected chi connectivity index (χ0v) is 9.37. The minimum absolute atomic E-state index is 0.699. The van der Waals surface area contributed by atoms with Gasteiger partial charge in [-0.05, 0) is 24.8 Å². The smallest absolute Gasteiger partial charge is 0.162 e. The first-order chi connectivity index (χ1) is 7.34. The fourth-order valence-corrected chi connectivity index (χ4v) is 1.79. The van der Waals surface area contributed by atoms with Crippen LogP contribution in [0.4, 0.5) is 0 Å². The van der Waals surface area contributed by atoms with Crippen LogP contribution in [0.2, 0.25) is 0 Å². The summed E-state index contributed by atoms with van der Waals surface area (Å²) in [4.78, 5) is 7.22. The summed E-state index contributed by atoms with van der Waals surface area (Å²) in [6.45, 7) is 0. The van der Waals surface area contributed by atoms with E-state index in [0.717, 1.165) is 25.0 Å². The van der Waals surface area contributed by atoms with Gasteiger partial charge >= 0.3 is 0 Å². The van der Waals surface area contributed by atoms with E-state index in [4.69, 9.17) is 0 Å². The van der Waals surface area contributed by atoms with Crippen LogP contribution in [0.15, 0.2) is 41.7 Å². The van der Waals surface area contributed by atoms with Crippen LogP contribution >= 0.6 is 12.6 Å². The molecule has 2 aromatic rings. The Kier molecular flexibility index (Phi) is 3.45. The maximum atomic E-state index is 4.25. The maximum absolute atomic E-state index is 4.25. The van der Waals surface area contributed by atoms with Crippen molar-refractivity contribution in [2.45, 2.75) is 24.4 Å². The Morgan fingerprint density at radius 1 is 1.13 bits per heavy atom. The standard InChI is InChI=1S/C12H14N2S/c15-12-13-9-11(14-12)8-4-7-10-5-2-1-3-6-10/h1-3,5-6,9H,4,7-8H2,(H2,13,14,15). The van der Waals surface area contributed by atoms with E-state index >= 15 is 0 Å². The van der Waals surface area contributed by atoms with Crippen LogP contribution < -0.4 is 0 Å². The molecule has 2 nitrogen and oxygen atoms in total. The highest BCUT2D eigenvalue weighted by atomic mass is 32.1. The van der Waals surface area contributed by atoms with Crippen molar-refractivity contribution >= 4 is 12.6 Å². The lowest BCUT2D eigenvalue weighted by atomic mass is 10.1. The molecule has 0 bridgehead atoms. The van der Waals surface area contributed by atoms with Gasteiger partial charge in [-0.1, -0.05) is 30.3 Å².